The quantitative estimate of drug-likeness (QED) is 0.840. The maximum atomic E-state index is 12.1. The number of benzene rings is 2. The summed E-state index contributed by atoms with van der Waals surface area (Å²) in [6, 6.07) is 10.5. The largest absolute Gasteiger partial charge is 0.435 e. The Bertz CT molecular complexity index is 808. The van der Waals surface area contributed by atoms with E-state index in [4.69, 9.17) is 11.6 Å². The molecule has 0 unspecified atom stereocenters. The van der Waals surface area contributed by atoms with Crippen molar-refractivity contribution in [2.45, 2.75) is 11.5 Å². The van der Waals surface area contributed by atoms with Crippen molar-refractivity contribution in [3.05, 3.63) is 53.6 Å². The maximum absolute atomic E-state index is 12.1. The van der Waals surface area contributed by atoms with Crippen LogP contribution in [-0.4, -0.2) is 26.7 Å². The molecule has 0 aromatic heterocycles. The van der Waals surface area contributed by atoms with Gasteiger partial charge in [-0.05, 0) is 48.5 Å². The van der Waals surface area contributed by atoms with E-state index >= 15 is 0 Å². The van der Waals surface area contributed by atoms with E-state index in [9.17, 15) is 22.0 Å². The fraction of sp³-hybridized carbons (Fsp3) is 0.133. The normalized spacial score (nSPS) is 11.3. The second kappa shape index (κ2) is 7.59. The molecule has 0 bridgehead atoms. The lowest BCUT2D eigenvalue weighted by Gasteiger charge is -2.08. The number of hydrogen-bond acceptors (Lipinski definition) is 4. The van der Waals surface area contributed by atoms with E-state index in [1.807, 2.05) is 0 Å². The number of anilines is 1. The topological polar surface area (TPSA) is 72.5 Å². The Balaban J connectivity index is 2.01. The number of nitrogens with one attached hydrogen (secondary N) is 1. The zero-order valence-electron chi connectivity index (χ0n) is 12.1. The molecule has 9 heteroatoms. The smallest absolute Gasteiger partial charge is 0.387 e. The summed E-state index contributed by atoms with van der Waals surface area (Å²) < 4.78 is 52.5. The van der Waals surface area contributed by atoms with E-state index in [0.29, 0.717) is 5.02 Å². The highest BCUT2D eigenvalue weighted by Gasteiger charge is 2.19. The molecule has 0 atom stereocenters. The number of carbonyl (C=O) groups excluding carboxylic acids is 1. The van der Waals surface area contributed by atoms with Gasteiger partial charge in [-0.15, -0.1) is 0 Å². The van der Waals surface area contributed by atoms with Crippen LogP contribution in [0.2, 0.25) is 5.02 Å². The molecule has 0 radical (unpaired) electrons. The Morgan fingerprint density at radius 1 is 1.08 bits per heavy atom. The summed E-state index contributed by atoms with van der Waals surface area (Å²) >= 11 is 5.69. The summed E-state index contributed by atoms with van der Waals surface area (Å²) in [7, 11) is -3.81. The van der Waals surface area contributed by atoms with Crippen molar-refractivity contribution >= 4 is 33.0 Å². The highest BCUT2D eigenvalue weighted by atomic mass is 35.5. The second-order valence-electron chi connectivity index (χ2n) is 4.66. The molecule has 0 saturated heterocycles. The van der Waals surface area contributed by atoms with Crippen molar-refractivity contribution in [3.63, 3.8) is 0 Å². The first-order valence-electron chi connectivity index (χ1n) is 6.59. The van der Waals surface area contributed by atoms with E-state index in [1.54, 1.807) is 0 Å². The van der Waals surface area contributed by atoms with Gasteiger partial charge in [0.25, 0.3) is 0 Å². The third kappa shape index (κ3) is 5.17. The first-order chi connectivity index (χ1) is 11.3. The highest BCUT2D eigenvalue weighted by Crippen LogP contribution is 2.19. The molecule has 0 aliphatic rings. The number of sulfone groups is 1. The van der Waals surface area contributed by atoms with Gasteiger partial charge in [0.15, 0.2) is 9.84 Å². The Morgan fingerprint density at radius 2 is 1.67 bits per heavy atom. The first kappa shape index (κ1) is 18.2. The van der Waals surface area contributed by atoms with E-state index in [1.165, 1.54) is 48.5 Å². The van der Waals surface area contributed by atoms with E-state index in [0.717, 1.165) is 0 Å². The maximum Gasteiger partial charge on any atom is 0.387 e. The molecule has 1 N–H and O–H groups in total. The zero-order valence-corrected chi connectivity index (χ0v) is 13.7. The third-order valence-corrected chi connectivity index (χ3v) is 4.74. The fourth-order valence-electron chi connectivity index (χ4n) is 1.81. The molecule has 0 aliphatic carbocycles. The van der Waals surface area contributed by atoms with Gasteiger partial charge >= 0.3 is 6.61 Å². The molecule has 128 valence electrons. The fourth-order valence-corrected chi connectivity index (χ4v) is 3.08. The van der Waals surface area contributed by atoms with Gasteiger partial charge in [-0.25, -0.2) is 8.42 Å². The molecule has 0 aliphatic heterocycles. The van der Waals surface area contributed by atoms with Gasteiger partial charge in [-0.2, -0.15) is 8.78 Å². The number of halogens is 3. The predicted octanol–water partition coefficient (Wildman–Crippen LogP) is 3.35. The summed E-state index contributed by atoms with van der Waals surface area (Å²) in [5.74, 6) is -1.59. The standard InChI is InChI=1S/C15H12ClF2NO4S/c16-10-1-7-13(8-2-10)24(21,22)9-14(20)19-11-3-5-12(6-4-11)23-15(17)18/h1-8,15H,9H2,(H,19,20). The summed E-state index contributed by atoms with van der Waals surface area (Å²) in [5, 5.41) is 2.75. The Labute approximate surface area is 142 Å². The lowest BCUT2D eigenvalue weighted by atomic mass is 10.3. The zero-order chi connectivity index (χ0) is 17.7. The molecule has 2 aromatic carbocycles. The lowest BCUT2D eigenvalue weighted by Crippen LogP contribution is -2.23. The van der Waals surface area contributed by atoms with Gasteiger partial charge in [0, 0.05) is 10.7 Å². The summed E-state index contributed by atoms with van der Waals surface area (Å²) in [6.07, 6.45) is 0. The van der Waals surface area contributed by atoms with Gasteiger partial charge in [0.2, 0.25) is 5.91 Å². The van der Waals surface area contributed by atoms with Crippen molar-refractivity contribution in [1.82, 2.24) is 0 Å². The van der Waals surface area contributed by atoms with Crippen LogP contribution in [0.3, 0.4) is 0 Å². The molecular weight excluding hydrogens is 364 g/mol. The van der Waals surface area contributed by atoms with Gasteiger partial charge in [0.1, 0.15) is 11.5 Å². The van der Waals surface area contributed by atoms with Gasteiger partial charge in [0.05, 0.1) is 4.90 Å². The monoisotopic (exact) mass is 375 g/mol. The summed E-state index contributed by atoms with van der Waals surface area (Å²) in [6.45, 7) is -2.95. The second-order valence-corrected chi connectivity index (χ2v) is 7.09. The summed E-state index contributed by atoms with van der Waals surface area (Å²) in [4.78, 5) is 11.8. The number of alkyl halides is 2. The minimum absolute atomic E-state index is 0.0252. The number of rotatable bonds is 6. The van der Waals surface area contributed by atoms with Crippen molar-refractivity contribution < 1.29 is 26.7 Å². The molecule has 0 fully saturated rings. The van der Waals surface area contributed by atoms with E-state index in [2.05, 4.69) is 10.1 Å². The third-order valence-electron chi connectivity index (χ3n) is 2.86. The highest BCUT2D eigenvalue weighted by molar-refractivity contribution is 7.92. The molecular formula is C15H12ClF2NO4S. The van der Waals surface area contributed by atoms with Crippen LogP contribution < -0.4 is 10.1 Å². The van der Waals surface area contributed by atoms with Crippen LogP contribution in [0.15, 0.2) is 53.4 Å². The molecule has 0 heterocycles. The van der Waals surface area contributed by atoms with Crippen LogP contribution in [0, 0.1) is 0 Å². The van der Waals surface area contributed by atoms with Gasteiger partial charge < -0.3 is 10.1 Å². The van der Waals surface area contributed by atoms with Crippen LogP contribution in [0.1, 0.15) is 0 Å². The molecule has 0 saturated carbocycles. The summed E-state index contributed by atoms with van der Waals surface area (Å²) in [5.41, 5.74) is 0.257. The van der Waals surface area contributed by atoms with Crippen molar-refractivity contribution in [2.75, 3.05) is 11.1 Å². The van der Waals surface area contributed by atoms with Crippen LogP contribution >= 0.6 is 11.6 Å². The SMILES string of the molecule is O=C(CS(=O)(=O)c1ccc(Cl)cc1)Nc1ccc(OC(F)F)cc1. The Kier molecular flexibility index (Phi) is 5.74. The molecule has 5 nitrogen and oxygen atoms in total. The van der Waals surface area contributed by atoms with E-state index < -0.39 is 28.1 Å². The minimum Gasteiger partial charge on any atom is -0.435 e. The Hall–Kier alpha value is -2.19. The van der Waals surface area contributed by atoms with E-state index in [-0.39, 0.29) is 16.3 Å². The molecule has 2 aromatic rings. The average Bonchev–Trinajstić information content (AvgIpc) is 2.48. The number of carbonyl (C=O) groups is 1. The molecule has 1 amide bonds. The number of ether oxygens (including phenoxy) is 1. The van der Waals surface area contributed by atoms with Crippen molar-refractivity contribution in [2.24, 2.45) is 0 Å². The molecule has 0 spiro atoms. The van der Waals surface area contributed by atoms with Gasteiger partial charge in [-0.3, -0.25) is 4.79 Å². The Morgan fingerprint density at radius 3 is 2.21 bits per heavy atom. The van der Waals surface area contributed by atoms with Crippen molar-refractivity contribution in [1.29, 1.82) is 0 Å². The molecule has 24 heavy (non-hydrogen) atoms. The first-order valence-corrected chi connectivity index (χ1v) is 8.62. The van der Waals surface area contributed by atoms with Crippen LogP contribution in [-0.2, 0) is 14.6 Å². The number of amides is 1. The average molecular weight is 376 g/mol. The van der Waals surface area contributed by atoms with Crippen LogP contribution in [0.5, 0.6) is 5.75 Å². The van der Waals surface area contributed by atoms with Crippen LogP contribution in [0.4, 0.5) is 14.5 Å². The number of hydrogen-bond donors (Lipinski definition) is 1. The lowest BCUT2D eigenvalue weighted by molar-refractivity contribution is -0.113. The minimum atomic E-state index is -3.81. The predicted molar refractivity (Wildman–Crippen MR) is 85.2 cm³/mol. The van der Waals surface area contributed by atoms with Crippen LogP contribution in [0.25, 0.3) is 0 Å². The van der Waals surface area contributed by atoms with Gasteiger partial charge in [-0.1, -0.05) is 11.6 Å². The molecule has 2 rings (SSSR count). The van der Waals surface area contributed by atoms with Crippen molar-refractivity contribution in [3.8, 4) is 5.75 Å².